The number of morpholine rings is 2. The summed E-state index contributed by atoms with van der Waals surface area (Å²) in [5.41, 5.74) is 5.17. The van der Waals surface area contributed by atoms with Crippen LogP contribution in [0.5, 0.6) is 0 Å². The maximum Gasteiger partial charge on any atom is 0.170 e. The summed E-state index contributed by atoms with van der Waals surface area (Å²) in [7, 11) is 0. The van der Waals surface area contributed by atoms with Gasteiger partial charge in [-0.15, -0.1) is 0 Å². The minimum Gasteiger partial charge on any atom is -1.00 e. The number of rotatable bonds is 4. The summed E-state index contributed by atoms with van der Waals surface area (Å²) in [5.74, 6) is 0. The van der Waals surface area contributed by atoms with Gasteiger partial charge in [0.25, 0.3) is 0 Å². The molecule has 3 aliphatic rings. The third-order valence-corrected chi connectivity index (χ3v) is 6.55. The maximum absolute atomic E-state index is 5.43. The van der Waals surface area contributed by atoms with Crippen LogP contribution in [0, 0.1) is 0 Å². The summed E-state index contributed by atoms with van der Waals surface area (Å²) < 4.78 is 15.6. The normalized spacial score (nSPS) is 18.6. The first-order chi connectivity index (χ1) is 15.8. The zero-order valence-electron chi connectivity index (χ0n) is 19.6. The van der Waals surface area contributed by atoms with E-state index < -0.39 is 0 Å². The first-order valence-corrected chi connectivity index (χ1v) is 11.9. The molecular weight excluding hydrogens is 471 g/mol. The summed E-state index contributed by atoms with van der Waals surface area (Å²) in [6, 6.07) is 18.0. The molecule has 0 aromatic heterocycles. The highest BCUT2D eigenvalue weighted by Crippen LogP contribution is 2.21. The lowest BCUT2D eigenvalue weighted by molar-refractivity contribution is -0.544. The first-order valence-electron chi connectivity index (χ1n) is 11.9. The molecule has 2 aromatic carbocycles. The molecule has 5 rings (SSSR count). The van der Waals surface area contributed by atoms with Crippen LogP contribution in [0.1, 0.15) is 11.1 Å². The van der Waals surface area contributed by atoms with Crippen LogP contribution in [0.25, 0.3) is 0 Å². The third kappa shape index (κ3) is 6.95. The average molecular weight is 505 g/mol. The van der Waals surface area contributed by atoms with Gasteiger partial charge in [-0.2, -0.15) is 0 Å². The van der Waals surface area contributed by atoms with E-state index in [0.717, 1.165) is 78.8 Å². The molecule has 8 heteroatoms. The molecule has 0 unspecified atom stereocenters. The van der Waals surface area contributed by atoms with Crippen molar-refractivity contribution in [1.29, 1.82) is 0 Å². The number of hydrogen-bond donors (Lipinski definition) is 0. The Hall–Kier alpha value is -2.12. The van der Waals surface area contributed by atoms with E-state index in [1.807, 2.05) is 0 Å². The Labute approximate surface area is 215 Å². The van der Waals surface area contributed by atoms with Gasteiger partial charge in [0.2, 0.25) is 0 Å². The fourth-order valence-electron chi connectivity index (χ4n) is 4.60. The van der Waals surface area contributed by atoms with E-state index in [1.54, 1.807) is 0 Å². The van der Waals surface area contributed by atoms with Gasteiger partial charge < -0.3 is 44.1 Å². The van der Waals surface area contributed by atoms with Crippen molar-refractivity contribution in [3.63, 3.8) is 0 Å². The molecule has 3 saturated heterocycles. The Morgan fingerprint density at radius 2 is 0.853 bits per heavy atom. The van der Waals surface area contributed by atoms with Gasteiger partial charge in [0.05, 0.1) is 0 Å². The molecule has 0 atom stereocenters. The van der Waals surface area contributed by atoms with Gasteiger partial charge >= 0.3 is 0 Å². The second-order valence-corrected chi connectivity index (χ2v) is 8.71. The molecule has 34 heavy (non-hydrogen) atoms. The molecule has 0 saturated carbocycles. The van der Waals surface area contributed by atoms with Crippen LogP contribution >= 0.6 is 0 Å². The van der Waals surface area contributed by atoms with Crippen molar-refractivity contribution < 1.29 is 43.4 Å². The number of anilines is 2. The Morgan fingerprint density at radius 1 is 0.529 bits per heavy atom. The standard InChI is InChI=1S/C26H34N4O2.2ClH/c1-5-25(6-2-23(1)21-27-13-17-31-18-14-27)29-9-11-30(12-10-29)26-7-3-24(4-8-26)22-28-15-19-32-20-16-28;;/h1-8,21-22H,9-20H2;2*1H/q+2;;/p-2. The summed E-state index contributed by atoms with van der Waals surface area (Å²) in [6.45, 7) is 11.4. The molecule has 0 amide bonds. The van der Waals surface area contributed by atoms with Gasteiger partial charge in [0.15, 0.2) is 38.6 Å². The predicted molar refractivity (Wildman–Crippen MR) is 129 cm³/mol. The fraction of sp³-hybridized carbons (Fsp3) is 0.462. The van der Waals surface area contributed by atoms with Crippen molar-refractivity contribution in [3.05, 3.63) is 59.7 Å². The topological polar surface area (TPSA) is 31.0 Å². The van der Waals surface area contributed by atoms with E-state index in [1.165, 1.54) is 22.5 Å². The van der Waals surface area contributed by atoms with Crippen molar-refractivity contribution in [2.45, 2.75) is 0 Å². The van der Waals surface area contributed by atoms with Crippen LogP contribution in [-0.4, -0.2) is 100 Å². The third-order valence-electron chi connectivity index (χ3n) is 6.55. The predicted octanol–water partition coefficient (Wildman–Crippen LogP) is -4.06. The largest absolute Gasteiger partial charge is 1.00 e. The van der Waals surface area contributed by atoms with Crippen molar-refractivity contribution in [2.24, 2.45) is 0 Å². The van der Waals surface area contributed by atoms with Gasteiger partial charge in [-0.05, 0) is 48.5 Å². The van der Waals surface area contributed by atoms with Gasteiger partial charge in [0.1, 0.15) is 26.4 Å². The number of hydrogen-bond acceptors (Lipinski definition) is 4. The SMILES string of the molecule is C(c1ccc(N2CCN(c3ccc(C=[N+]4CCOCC4)cc3)CC2)cc1)=[N+]1CCOCC1.[Cl-].[Cl-]. The molecule has 2 aromatic rings. The van der Waals surface area contributed by atoms with Crippen LogP contribution < -0.4 is 34.6 Å². The fourth-order valence-corrected chi connectivity index (χ4v) is 4.60. The molecule has 0 N–H and O–H groups in total. The lowest BCUT2D eigenvalue weighted by atomic mass is 10.1. The Morgan fingerprint density at radius 3 is 1.18 bits per heavy atom. The first kappa shape index (κ1) is 26.5. The minimum atomic E-state index is 0. The molecule has 3 heterocycles. The van der Waals surface area contributed by atoms with E-state index in [2.05, 4.69) is 79.9 Å². The zero-order valence-corrected chi connectivity index (χ0v) is 21.1. The molecule has 3 fully saturated rings. The van der Waals surface area contributed by atoms with Gasteiger partial charge in [-0.1, -0.05) is 0 Å². The second kappa shape index (κ2) is 13.1. The number of ether oxygens (including phenoxy) is 2. The second-order valence-electron chi connectivity index (χ2n) is 8.71. The highest BCUT2D eigenvalue weighted by Gasteiger charge is 2.18. The zero-order chi connectivity index (χ0) is 21.6. The highest BCUT2D eigenvalue weighted by atomic mass is 35.5. The maximum atomic E-state index is 5.43. The number of nitrogens with zero attached hydrogens (tertiary/aromatic N) is 4. The number of benzene rings is 2. The van der Waals surface area contributed by atoms with Crippen LogP contribution in [0.2, 0.25) is 0 Å². The molecule has 0 spiro atoms. The van der Waals surface area contributed by atoms with Crippen molar-refractivity contribution in [1.82, 2.24) is 0 Å². The molecule has 0 radical (unpaired) electrons. The number of halogens is 2. The minimum absolute atomic E-state index is 0. The summed E-state index contributed by atoms with van der Waals surface area (Å²) in [4.78, 5) is 4.99. The Kier molecular flexibility index (Phi) is 10.2. The summed E-state index contributed by atoms with van der Waals surface area (Å²) in [5, 5.41) is 0. The smallest absolute Gasteiger partial charge is 0.170 e. The molecule has 3 aliphatic heterocycles. The van der Waals surface area contributed by atoms with E-state index >= 15 is 0 Å². The Bertz CT molecular complexity index is 860. The van der Waals surface area contributed by atoms with Crippen molar-refractivity contribution >= 4 is 23.8 Å². The summed E-state index contributed by atoms with van der Waals surface area (Å²) in [6.07, 6.45) is 4.51. The van der Waals surface area contributed by atoms with Gasteiger partial charge in [0, 0.05) is 48.7 Å². The molecule has 184 valence electrons. The Balaban J connectivity index is 0.00000162. The van der Waals surface area contributed by atoms with Crippen LogP contribution in [0.3, 0.4) is 0 Å². The van der Waals surface area contributed by atoms with Crippen LogP contribution in [0.4, 0.5) is 11.4 Å². The van der Waals surface area contributed by atoms with Crippen molar-refractivity contribution in [3.8, 4) is 0 Å². The van der Waals surface area contributed by atoms with Gasteiger partial charge in [-0.3, -0.25) is 0 Å². The molecule has 6 nitrogen and oxygen atoms in total. The van der Waals surface area contributed by atoms with Crippen molar-refractivity contribution in [2.75, 3.05) is 88.6 Å². The number of piperazine rings is 1. The molecule has 0 aliphatic carbocycles. The molecular formula is C26H34Cl2N4O2. The van der Waals surface area contributed by atoms with Gasteiger partial charge in [-0.25, -0.2) is 9.15 Å². The van der Waals surface area contributed by atoms with E-state index in [0.29, 0.717) is 0 Å². The monoisotopic (exact) mass is 504 g/mol. The molecule has 0 bridgehead atoms. The van der Waals surface area contributed by atoms with E-state index in [-0.39, 0.29) is 24.8 Å². The van der Waals surface area contributed by atoms with Crippen LogP contribution in [0.15, 0.2) is 48.5 Å². The quantitative estimate of drug-likeness (QED) is 0.396. The summed E-state index contributed by atoms with van der Waals surface area (Å²) >= 11 is 0. The van der Waals surface area contributed by atoms with E-state index in [9.17, 15) is 0 Å². The van der Waals surface area contributed by atoms with Crippen LogP contribution in [-0.2, 0) is 9.47 Å². The highest BCUT2D eigenvalue weighted by molar-refractivity contribution is 5.77. The van der Waals surface area contributed by atoms with E-state index in [4.69, 9.17) is 9.47 Å². The lowest BCUT2D eigenvalue weighted by Gasteiger charge is -2.37. The average Bonchev–Trinajstić information content (AvgIpc) is 2.86. The lowest BCUT2D eigenvalue weighted by Crippen LogP contribution is -3.00.